The number of thioether (sulfide) groups is 1. The van der Waals surface area contributed by atoms with E-state index in [1.54, 1.807) is 23.9 Å². The number of hydrogen-bond donors (Lipinski definition) is 4. The van der Waals surface area contributed by atoms with Crippen molar-refractivity contribution in [2.45, 2.75) is 39.3 Å². The Labute approximate surface area is 159 Å². The van der Waals surface area contributed by atoms with Crippen molar-refractivity contribution in [3.8, 4) is 0 Å². The number of rotatable bonds is 10. The fraction of sp³-hybridized carbons (Fsp3) is 0.556. The number of aliphatic hydroxyl groups excluding tert-OH is 1. The van der Waals surface area contributed by atoms with Gasteiger partial charge in [0.05, 0.1) is 0 Å². The van der Waals surface area contributed by atoms with Crippen molar-refractivity contribution in [3.05, 3.63) is 29.8 Å². The van der Waals surface area contributed by atoms with Crippen molar-refractivity contribution >= 4 is 29.3 Å². The second-order valence-corrected chi connectivity index (χ2v) is 7.15. The van der Waals surface area contributed by atoms with Gasteiger partial charge in [0, 0.05) is 30.4 Å². The summed E-state index contributed by atoms with van der Waals surface area (Å²) in [6.45, 7) is 7.93. The number of carbonyl (C=O) groups is 2. The van der Waals surface area contributed by atoms with Crippen LogP contribution in [-0.2, 0) is 4.79 Å². The first-order chi connectivity index (χ1) is 12.4. The van der Waals surface area contributed by atoms with Gasteiger partial charge in [0.15, 0.2) is 0 Å². The van der Waals surface area contributed by atoms with E-state index >= 15 is 0 Å². The van der Waals surface area contributed by atoms with Crippen molar-refractivity contribution in [1.82, 2.24) is 10.9 Å². The lowest BCUT2D eigenvalue weighted by Gasteiger charge is -2.21. The molecule has 5 N–H and O–H groups in total. The number of nitrogens with zero attached hydrogens (tertiary/aromatic N) is 1. The van der Waals surface area contributed by atoms with E-state index in [1.807, 2.05) is 19.1 Å². The first kappa shape index (κ1) is 22.3. The molecule has 1 unspecified atom stereocenters. The van der Waals surface area contributed by atoms with Crippen molar-refractivity contribution in [1.29, 1.82) is 0 Å². The number of hydrogen-bond acceptors (Lipinski definition) is 6. The fourth-order valence-corrected chi connectivity index (χ4v) is 3.12. The highest BCUT2D eigenvalue weighted by Gasteiger charge is 2.23. The molecule has 0 aliphatic carbocycles. The molecule has 0 spiro atoms. The number of benzene rings is 1. The van der Waals surface area contributed by atoms with Gasteiger partial charge >= 0.3 is 0 Å². The largest absolute Gasteiger partial charge is 0.382 e. The second kappa shape index (κ2) is 11.8. The summed E-state index contributed by atoms with van der Waals surface area (Å²) >= 11 is 1.69. The van der Waals surface area contributed by atoms with Crippen molar-refractivity contribution < 1.29 is 14.7 Å². The lowest BCUT2D eigenvalue weighted by Crippen LogP contribution is -2.52. The minimum absolute atomic E-state index is 0.416. The van der Waals surface area contributed by atoms with E-state index in [-0.39, 0.29) is 0 Å². The summed E-state index contributed by atoms with van der Waals surface area (Å²) in [5, 5.41) is 9.92. The van der Waals surface area contributed by atoms with Gasteiger partial charge in [-0.3, -0.25) is 20.4 Å². The molecule has 0 aromatic heterocycles. The SMILES string of the molecule is CCSCC[C@@H](N)C(O)C(=O)NNC(=O)c1ccc(N(CC)CC)cc1. The quantitative estimate of drug-likeness (QED) is 0.357. The molecule has 26 heavy (non-hydrogen) atoms. The topological polar surface area (TPSA) is 108 Å². The minimum atomic E-state index is -1.36. The molecular weight excluding hydrogens is 352 g/mol. The standard InChI is InChI=1S/C18H30N4O3S/c1-4-22(5-2)14-9-7-13(8-10-14)17(24)20-21-18(25)16(23)15(19)11-12-26-6-3/h7-10,15-16,23H,4-6,11-12,19H2,1-3H3,(H,20,24)(H,21,25)/t15-,16?/m1/s1. The van der Waals surface area contributed by atoms with Gasteiger partial charge in [-0.1, -0.05) is 6.92 Å². The molecule has 0 fully saturated rings. The Bertz CT molecular complexity index is 564. The number of aliphatic hydroxyl groups is 1. The van der Waals surface area contributed by atoms with Crippen LogP contribution in [0.5, 0.6) is 0 Å². The Morgan fingerprint density at radius 2 is 1.77 bits per heavy atom. The van der Waals surface area contributed by atoms with Crippen LogP contribution >= 0.6 is 11.8 Å². The summed E-state index contributed by atoms with van der Waals surface area (Å²) in [4.78, 5) is 26.2. The fourth-order valence-electron chi connectivity index (χ4n) is 2.39. The van der Waals surface area contributed by atoms with Crippen molar-refractivity contribution in [2.24, 2.45) is 5.73 Å². The number of nitrogens with one attached hydrogen (secondary N) is 2. The zero-order valence-corrected chi connectivity index (χ0v) is 16.5. The normalized spacial score (nSPS) is 13.0. The maximum Gasteiger partial charge on any atom is 0.269 e. The maximum absolute atomic E-state index is 12.1. The van der Waals surface area contributed by atoms with Crippen LogP contribution < -0.4 is 21.5 Å². The minimum Gasteiger partial charge on any atom is -0.382 e. The zero-order valence-electron chi connectivity index (χ0n) is 15.7. The van der Waals surface area contributed by atoms with Crippen LogP contribution in [0.25, 0.3) is 0 Å². The van der Waals surface area contributed by atoms with Crippen molar-refractivity contribution in [2.75, 3.05) is 29.5 Å². The molecule has 0 saturated carbocycles. The lowest BCUT2D eigenvalue weighted by molar-refractivity contribution is -0.131. The third kappa shape index (κ3) is 6.86. The predicted octanol–water partition coefficient (Wildman–Crippen LogP) is 1.13. The molecule has 0 bridgehead atoms. The van der Waals surface area contributed by atoms with Crippen molar-refractivity contribution in [3.63, 3.8) is 0 Å². The van der Waals surface area contributed by atoms with Gasteiger partial charge in [0.2, 0.25) is 0 Å². The number of anilines is 1. The average Bonchev–Trinajstić information content (AvgIpc) is 2.66. The molecule has 0 saturated heterocycles. The van der Waals surface area contributed by atoms with Gasteiger partial charge in [-0.2, -0.15) is 11.8 Å². The van der Waals surface area contributed by atoms with E-state index in [1.165, 1.54) is 0 Å². The number of nitrogens with two attached hydrogens (primary N) is 1. The van der Waals surface area contributed by atoms with E-state index in [0.717, 1.165) is 30.3 Å². The Balaban J connectivity index is 2.51. The number of carbonyl (C=O) groups excluding carboxylic acids is 2. The molecule has 8 heteroatoms. The van der Waals surface area contributed by atoms with Gasteiger partial charge in [0.1, 0.15) is 6.10 Å². The molecule has 0 aliphatic heterocycles. The molecule has 1 aromatic rings. The molecule has 7 nitrogen and oxygen atoms in total. The van der Waals surface area contributed by atoms with Crippen LogP contribution in [0.3, 0.4) is 0 Å². The molecule has 1 aromatic carbocycles. The Kier molecular flexibility index (Phi) is 10.1. The number of hydrazine groups is 1. The first-order valence-corrected chi connectivity index (χ1v) is 10.1. The van der Waals surface area contributed by atoms with Gasteiger partial charge in [0.25, 0.3) is 11.8 Å². The zero-order chi connectivity index (χ0) is 19.5. The Morgan fingerprint density at radius 1 is 1.15 bits per heavy atom. The first-order valence-electron chi connectivity index (χ1n) is 8.91. The van der Waals surface area contributed by atoms with Crippen LogP contribution in [0.2, 0.25) is 0 Å². The van der Waals surface area contributed by atoms with E-state index in [9.17, 15) is 14.7 Å². The summed E-state index contributed by atoms with van der Waals surface area (Å²) in [5.41, 5.74) is 11.8. The van der Waals surface area contributed by atoms with Gasteiger partial charge in [-0.15, -0.1) is 0 Å². The summed E-state index contributed by atoms with van der Waals surface area (Å²) < 4.78 is 0. The second-order valence-electron chi connectivity index (χ2n) is 5.76. The van der Waals surface area contributed by atoms with Crippen LogP contribution in [0.4, 0.5) is 5.69 Å². The van der Waals surface area contributed by atoms with Crippen LogP contribution in [0.15, 0.2) is 24.3 Å². The van der Waals surface area contributed by atoms with Crippen LogP contribution in [0.1, 0.15) is 37.6 Å². The number of amides is 2. The summed E-state index contributed by atoms with van der Waals surface area (Å²) in [7, 11) is 0. The summed E-state index contributed by atoms with van der Waals surface area (Å²) in [6.07, 6.45) is -0.841. The van der Waals surface area contributed by atoms with Gasteiger partial charge in [-0.05, 0) is 56.0 Å². The third-order valence-corrected chi connectivity index (χ3v) is 4.96. The Hall–Kier alpha value is -1.77. The predicted molar refractivity (Wildman–Crippen MR) is 107 cm³/mol. The molecule has 0 radical (unpaired) electrons. The summed E-state index contributed by atoms with van der Waals surface area (Å²) in [5.74, 6) is 0.560. The molecule has 0 aliphatic rings. The molecule has 1 rings (SSSR count). The third-order valence-electron chi connectivity index (χ3n) is 4.03. The molecule has 146 valence electrons. The Morgan fingerprint density at radius 3 is 2.31 bits per heavy atom. The highest BCUT2D eigenvalue weighted by molar-refractivity contribution is 7.99. The average molecular weight is 383 g/mol. The van der Waals surface area contributed by atoms with E-state index in [0.29, 0.717) is 12.0 Å². The van der Waals surface area contributed by atoms with Gasteiger partial charge < -0.3 is 15.7 Å². The lowest BCUT2D eigenvalue weighted by atomic mass is 10.1. The molecule has 2 amide bonds. The van der Waals surface area contributed by atoms with E-state index < -0.39 is 24.0 Å². The van der Waals surface area contributed by atoms with Crippen LogP contribution in [0, 0.1) is 0 Å². The smallest absolute Gasteiger partial charge is 0.269 e. The monoisotopic (exact) mass is 382 g/mol. The van der Waals surface area contributed by atoms with E-state index in [2.05, 4.69) is 29.6 Å². The molecule has 2 atom stereocenters. The maximum atomic E-state index is 12.1. The van der Waals surface area contributed by atoms with E-state index in [4.69, 9.17) is 5.73 Å². The highest BCUT2D eigenvalue weighted by atomic mass is 32.2. The van der Waals surface area contributed by atoms with Crippen LogP contribution in [-0.4, -0.2) is 53.7 Å². The van der Waals surface area contributed by atoms with Gasteiger partial charge in [-0.25, -0.2) is 0 Å². The highest BCUT2D eigenvalue weighted by Crippen LogP contribution is 2.14. The summed E-state index contributed by atoms with van der Waals surface area (Å²) in [6, 6.07) is 6.44. The molecule has 0 heterocycles. The molecular formula is C18H30N4O3S.